The molecule has 0 fully saturated rings. The normalized spacial score (nSPS) is 11.2. The van der Waals surface area contributed by atoms with Crippen LogP contribution in [0.15, 0.2) is 48.5 Å². The summed E-state index contributed by atoms with van der Waals surface area (Å²) in [5.74, 6) is -0.0370. The fraction of sp³-hybridized carbons (Fsp3) is 0.350. The maximum atomic E-state index is 12.4. The molecule has 0 unspecified atom stereocenters. The van der Waals surface area contributed by atoms with E-state index in [4.69, 9.17) is 0 Å². The van der Waals surface area contributed by atoms with Crippen molar-refractivity contribution in [3.63, 3.8) is 0 Å². The molecule has 0 atom stereocenters. The van der Waals surface area contributed by atoms with Crippen LogP contribution in [0, 0.1) is 13.8 Å². The van der Waals surface area contributed by atoms with Crippen molar-refractivity contribution in [3.8, 4) is 0 Å². The second kappa shape index (κ2) is 8.36. The largest absolute Gasteiger partial charge is 0.316 e. The Hall–Kier alpha value is -2.34. The smallest absolute Gasteiger partial charge is 0.232 e. The van der Waals surface area contributed by atoms with Crippen LogP contribution in [-0.4, -0.2) is 34.2 Å². The van der Waals surface area contributed by atoms with E-state index >= 15 is 0 Å². The summed E-state index contributed by atoms with van der Waals surface area (Å²) in [7, 11) is -1.68. The van der Waals surface area contributed by atoms with Crippen LogP contribution in [0.25, 0.3) is 0 Å². The van der Waals surface area contributed by atoms with Crippen molar-refractivity contribution < 1.29 is 13.2 Å². The highest BCUT2D eigenvalue weighted by atomic mass is 32.2. The van der Waals surface area contributed by atoms with Crippen molar-refractivity contribution in [1.29, 1.82) is 0 Å². The number of amides is 1. The van der Waals surface area contributed by atoms with Crippen molar-refractivity contribution in [2.45, 2.75) is 26.7 Å². The summed E-state index contributed by atoms with van der Waals surface area (Å²) in [5.41, 5.74) is 3.49. The van der Waals surface area contributed by atoms with Crippen molar-refractivity contribution in [2.24, 2.45) is 0 Å². The molecule has 140 valence electrons. The fourth-order valence-electron chi connectivity index (χ4n) is 2.92. The van der Waals surface area contributed by atoms with E-state index in [2.05, 4.69) is 0 Å². The van der Waals surface area contributed by atoms with Gasteiger partial charge < -0.3 is 4.90 Å². The number of aryl methyl sites for hydroxylation is 2. The highest BCUT2D eigenvalue weighted by Gasteiger charge is 2.19. The van der Waals surface area contributed by atoms with Crippen LogP contribution in [0.4, 0.5) is 11.4 Å². The number of carbonyl (C=O) groups excluding carboxylic acids is 1. The molecule has 0 N–H and O–H groups in total. The molecule has 0 radical (unpaired) electrons. The van der Waals surface area contributed by atoms with E-state index in [1.165, 1.54) is 10.6 Å². The summed E-state index contributed by atoms with van der Waals surface area (Å²) in [6, 6.07) is 15.1. The number of benzene rings is 2. The first-order valence-electron chi connectivity index (χ1n) is 8.56. The van der Waals surface area contributed by atoms with Gasteiger partial charge >= 0.3 is 0 Å². The van der Waals surface area contributed by atoms with Gasteiger partial charge in [-0.2, -0.15) is 0 Å². The number of anilines is 2. The third-order valence-corrected chi connectivity index (χ3v) is 5.36. The third-order valence-electron chi connectivity index (χ3n) is 4.16. The number of carbonyl (C=O) groups is 1. The SMILES string of the molecule is Cc1cc(C)cc(N(CCCC(=O)N(C)c2ccccc2)S(C)(=O)=O)c1. The second-order valence-corrected chi connectivity index (χ2v) is 8.48. The fourth-order valence-corrected chi connectivity index (χ4v) is 3.87. The van der Waals surface area contributed by atoms with E-state index in [1.807, 2.05) is 62.4 Å². The van der Waals surface area contributed by atoms with E-state index in [-0.39, 0.29) is 18.9 Å². The van der Waals surface area contributed by atoms with Gasteiger partial charge in [-0.1, -0.05) is 24.3 Å². The molecule has 0 spiro atoms. The highest BCUT2D eigenvalue weighted by Crippen LogP contribution is 2.22. The highest BCUT2D eigenvalue weighted by molar-refractivity contribution is 7.92. The zero-order valence-electron chi connectivity index (χ0n) is 15.8. The number of nitrogens with zero attached hydrogens (tertiary/aromatic N) is 2. The lowest BCUT2D eigenvalue weighted by molar-refractivity contribution is -0.118. The van der Waals surface area contributed by atoms with Crippen LogP contribution >= 0.6 is 0 Å². The number of rotatable bonds is 7. The van der Waals surface area contributed by atoms with E-state index in [0.717, 1.165) is 16.8 Å². The molecule has 0 heterocycles. The average molecular weight is 375 g/mol. The molecule has 1 amide bonds. The first kappa shape index (κ1) is 20.0. The van der Waals surface area contributed by atoms with Crippen LogP contribution in [0.2, 0.25) is 0 Å². The number of sulfonamides is 1. The van der Waals surface area contributed by atoms with Crippen LogP contribution < -0.4 is 9.21 Å². The Morgan fingerprint density at radius 2 is 1.54 bits per heavy atom. The number of para-hydroxylation sites is 1. The molecule has 0 aliphatic rings. The van der Waals surface area contributed by atoms with Gasteiger partial charge in [0.25, 0.3) is 0 Å². The number of hydrogen-bond acceptors (Lipinski definition) is 3. The molecule has 2 rings (SSSR count). The Morgan fingerprint density at radius 3 is 2.08 bits per heavy atom. The van der Waals surface area contributed by atoms with E-state index in [1.54, 1.807) is 11.9 Å². The van der Waals surface area contributed by atoms with Gasteiger partial charge in [-0.3, -0.25) is 9.10 Å². The van der Waals surface area contributed by atoms with Crippen LogP contribution in [-0.2, 0) is 14.8 Å². The Kier molecular flexibility index (Phi) is 6.42. The average Bonchev–Trinajstić information content (AvgIpc) is 2.56. The molecule has 0 saturated heterocycles. The Morgan fingerprint density at radius 1 is 0.962 bits per heavy atom. The van der Waals surface area contributed by atoms with Gasteiger partial charge in [0.1, 0.15) is 0 Å². The van der Waals surface area contributed by atoms with Crippen molar-refractivity contribution in [1.82, 2.24) is 0 Å². The maximum absolute atomic E-state index is 12.4. The van der Waals surface area contributed by atoms with Gasteiger partial charge in [0.2, 0.25) is 15.9 Å². The maximum Gasteiger partial charge on any atom is 0.232 e. The third kappa shape index (κ3) is 5.33. The van der Waals surface area contributed by atoms with Gasteiger partial charge in [-0.25, -0.2) is 8.42 Å². The molecule has 0 aliphatic heterocycles. The lowest BCUT2D eigenvalue weighted by Crippen LogP contribution is -2.32. The van der Waals surface area contributed by atoms with E-state index in [0.29, 0.717) is 12.1 Å². The van der Waals surface area contributed by atoms with Crippen molar-refractivity contribution >= 4 is 27.3 Å². The van der Waals surface area contributed by atoms with Gasteiger partial charge in [-0.05, 0) is 55.7 Å². The molecule has 0 aliphatic carbocycles. The van der Waals surface area contributed by atoms with Crippen LogP contribution in [0.1, 0.15) is 24.0 Å². The number of hydrogen-bond donors (Lipinski definition) is 0. The topological polar surface area (TPSA) is 57.7 Å². The van der Waals surface area contributed by atoms with Gasteiger partial charge in [-0.15, -0.1) is 0 Å². The van der Waals surface area contributed by atoms with E-state index in [9.17, 15) is 13.2 Å². The minimum Gasteiger partial charge on any atom is -0.316 e. The summed E-state index contributed by atoms with van der Waals surface area (Å²) in [6.45, 7) is 4.15. The Labute approximate surface area is 156 Å². The predicted molar refractivity (Wildman–Crippen MR) is 107 cm³/mol. The van der Waals surface area contributed by atoms with E-state index < -0.39 is 10.0 Å². The minimum atomic E-state index is -3.41. The molecule has 5 nitrogen and oxygen atoms in total. The monoisotopic (exact) mass is 374 g/mol. The molecule has 2 aromatic carbocycles. The lowest BCUT2D eigenvalue weighted by Gasteiger charge is -2.24. The first-order chi connectivity index (χ1) is 12.2. The van der Waals surface area contributed by atoms with Gasteiger partial charge in [0.05, 0.1) is 11.9 Å². The summed E-state index contributed by atoms with van der Waals surface area (Å²) in [5, 5.41) is 0. The molecule has 2 aromatic rings. The van der Waals surface area contributed by atoms with Crippen molar-refractivity contribution in [2.75, 3.05) is 29.1 Å². The molecule has 6 heteroatoms. The molecule has 0 bridgehead atoms. The second-order valence-electron chi connectivity index (χ2n) is 6.57. The predicted octanol–water partition coefficient (Wildman–Crippen LogP) is 3.51. The molecule has 0 aromatic heterocycles. The zero-order valence-corrected chi connectivity index (χ0v) is 16.6. The standard InChI is InChI=1S/C20H26N2O3S/c1-16-13-17(2)15-19(14-16)22(26(4,24)25)12-8-11-20(23)21(3)18-9-6-5-7-10-18/h5-7,9-10,13-15H,8,11-12H2,1-4H3. The summed E-state index contributed by atoms with van der Waals surface area (Å²) < 4.78 is 25.8. The molecular weight excluding hydrogens is 348 g/mol. The molecule has 0 saturated carbocycles. The Bertz CT molecular complexity index is 844. The van der Waals surface area contributed by atoms with Gasteiger partial charge in [0.15, 0.2) is 0 Å². The summed E-state index contributed by atoms with van der Waals surface area (Å²) in [4.78, 5) is 14.0. The lowest BCUT2D eigenvalue weighted by atomic mass is 10.1. The Balaban J connectivity index is 2.05. The van der Waals surface area contributed by atoms with Crippen molar-refractivity contribution in [3.05, 3.63) is 59.7 Å². The van der Waals surface area contributed by atoms with Crippen LogP contribution in [0.5, 0.6) is 0 Å². The van der Waals surface area contributed by atoms with Crippen LogP contribution in [0.3, 0.4) is 0 Å². The summed E-state index contributed by atoms with van der Waals surface area (Å²) in [6.07, 6.45) is 1.93. The zero-order chi connectivity index (χ0) is 19.3. The quantitative estimate of drug-likeness (QED) is 0.745. The first-order valence-corrected chi connectivity index (χ1v) is 10.4. The minimum absolute atomic E-state index is 0.0370. The molecular formula is C20H26N2O3S. The molecule has 26 heavy (non-hydrogen) atoms. The summed E-state index contributed by atoms with van der Waals surface area (Å²) >= 11 is 0. The van der Waals surface area contributed by atoms with Gasteiger partial charge in [0, 0.05) is 25.7 Å².